The van der Waals surface area contributed by atoms with Crippen LogP contribution in [0.3, 0.4) is 0 Å². The Bertz CT molecular complexity index is 1490. The van der Waals surface area contributed by atoms with E-state index in [1.165, 1.54) is 45.8 Å². The molecule has 0 spiro atoms. The van der Waals surface area contributed by atoms with E-state index in [0.29, 0.717) is 52.2 Å². The maximum Gasteiger partial charge on any atom is 0.332 e. The third-order valence-electron chi connectivity index (χ3n) is 6.22. The van der Waals surface area contributed by atoms with Gasteiger partial charge in [-0.3, -0.25) is 13.9 Å². The van der Waals surface area contributed by atoms with Crippen LogP contribution in [0.25, 0.3) is 20.7 Å². The zero-order chi connectivity index (χ0) is 23.8. The average molecular weight is 520 g/mol. The lowest BCUT2D eigenvalue weighted by molar-refractivity contribution is 0.346. The summed E-state index contributed by atoms with van der Waals surface area (Å²) < 4.78 is 37.1. The molecule has 0 saturated carbocycles. The average Bonchev–Trinajstić information content (AvgIpc) is 3.28. The van der Waals surface area contributed by atoms with Crippen molar-refractivity contribution in [1.29, 1.82) is 0 Å². The second-order valence-electron chi connectivity index (χ2n) is 8.30. The van der Waals surface area contributed by atoms with Gasteiger partial charge in [-0.25, -0.2) is 13.6 Å². The predicted molar refractivity (Wildman–Crippen MR) is 136 cm³/mol. The smallest absolute Gasteiger partial charge is 0.332 e. The molecule has 3 heterocycles. The zero-order valence-corrected chi connectivity index (χ0v) is 20.6. The van der Waals surface area contributed by atoms with Gasteiger partial charge in [-0.2, -0.15) is 0 Å². The SMILES string of the molecule is COc1ccc(Cn2c(=O)n(C3CCNCC3)c(=O)c3sc(-c4ccccc4F)cc32)cc1F.Cl. The fourth-order valence-electron chi connectivity index (χ4n) is 4.49. The third-order valence-corrected chi connectivity index (χ3v) is 7.37. The van der Waals surface area contributed by atoms with Crippen LogP contribution in [0.5, 0.6) is 5.75 Å². The molecule has 0 radical (unpaired) electrons. The Morgan fingerprint density at radius 2 is 1.80 bits per heavy atom. The molecule has 2 aromatic carbocycles. The van der Waals surface area contributed by atoms with Crippen LogP contribution in [-0.2, 0) is 6.54 Å². The number of nitrogens with zero attached hydrogens (tertiary/aromatic N) is 2. The number of thiophene rings is 1. The molecule has 1 aliphatic heterocycles. The Morgan fingerprint density at radius 1 is 1.06 bits per heavy atom. The van der Waals surface area contributed by atoms with Gasteiger partial charge in [0.05, 0.1) is 19.2 Å². The Balaban J connectivity index is 0.00000289. The Hall–Kier alpha value is -3.01. The molecule has 2 aromatic heterocycles. The standard InChI is InChI=1S/C25H23F2N3O3S.ClH/c1-33-21-7-6-15(12-19(21)27)14-29-20-13-22(17-4-2-3-5-18(17)26)34-23(20)24(31)30(25(29)32)16-8-10-28-11-9-16;/h2-7,12-13,16,28H,8-11,14H2,1H3;1H. The number of halogens is 3. The largest absolute Gasteiger partial charge is 0.494 e. The quantitative estimate of drug-likeness (QED) is 0.419. The Kier molecular flexibility index (Phi) is 7.39. The molecule has 1 saturated heterocycles. The van der Waals surface area contributed by atoms with Crippen LogP contribution in [0.2, 0.25) is 0 Å². The molecule has 4 aromatic rings. The van der Waals surface area contributed by atoms with E-state index in [1.54, 1.807) is 30.3 Å². The van der Waals surface area contributed by atoms with Gasteiger partial charge in [0.15, 0.2) is 11.6 Å². The van der Waals surface area contributed by atoms with Crippen molar-refractivity contribution in [2.45, 2.75) is 25.4 Å². The summed E-state index contributed by atoms with van der Waals surface area (Å²) in [6, 6.07) is 12.3. The minimum absolute atomic E-state index is 0. The van der Waals surface area contributed by atoms with Gasteiger partial charge in [0.25, 0.3) is 5.56 Å². The lowest BCUT2D eigenvalue weighted by atomic mass is 10.1. The number of rotatable bonds is 5. The first-order valence-corrected chi connectivity index (χ1v) is 11.9. The highest BCUT2D eigenvalue weighted by Gasteiger charge is 2.24. The highest BCUT2D eigenvalue weighted by molar-refractivity contribution is 7.22. The highest BCUT2D eigenvalue weighted by Crippen LogP contribution is 2.33. The zero-order valence-electron chi connectivity index (χ0n) is 18.9. The van der Waals surface area contributed by atoms with Crippen molar-refractivity contribution >= 4 is 34.0 Å². The number of hydrogen-bond acceptors (Lipinski definition) is 5. The monoisotopic (exact) mass is 519 g/mol. The molecule has 1 N–H and O–H groups in total. The van der Waals surface area contributed by atoms with Gasteiger partial charge in [0.2, 0.25) is 0 Å². The van der Waals surface area contributed by atoms with Gasteiger partial charge in [0.1, 0.15) is 10.5 Å². The molecular formula is C25H24ClF2N3O3S. The van der Waals surface area contributed by atoms with Crippen LogP contribution in [0, 0.1) is 11.6 Å². The second-order valence-corrected chi connectivity index (χ2v) is 9.35. The number of nitrogens with one attached hydrogen (secondary N) is 1. The lowest BCUT2D eigenvalue weighted by Gasteiger charge is -2.25. The van der Waals surface area contributed by atoms with Crippen molar-refractivity contribution in [2.24, 2.45) is 0 Å². The molecule has 0 unspecified atom stereocenters. The molecule has 35 heavy (non-hydrogen) atoms. The van der Waals surface area contributed by atoms with Crippen molar-refractivity contribution in [3.8, 4) is 16.2 Å². The van der Waals surface area contributed by atoms with E-state index in [9.17, 15) is 18.4 Å². The van der Waals surface area contributed by atoms with E-state index >= 15 is 0 Å². The van der Waals surface area contributed by atoms with E-state index in [4.69, 9.17) is 4.74 Å². The Labute approximate surface area is 210 Å². The van der Waals surface area contributed by atoms with E-state index in [2.05, 4.69) is 5.32 Å². The fourth-order valence-corrected chi connectivity index (χ4v) is 5.61. The lowest BCUT2D eigenvalue weighted by Crippen LogP contribution is -2.45. The molecule has 10 heteroatoms. The van der Waals surface area contributed by atoms with Gasteiger partial charge in [-0.15, -0.1) is 23.7 Å². The molecule has 0 aliphatic carbocycles. The summed E-state index contributed by atoms with van der Waals surface area (Å²) in [4.78, 5) is 27.7. The number of piperidine rings is 1. The first-order chi connectivity index (χ1) is 16.5. The topological polar surface area (TPSA) is 65.3 Å². The number of aromatic nitrogens is 2. The number of benzene rings is 2. The normalized spacial score (nSPS) is 14.1. The van der Waals surface area contributed by atoms with Crippen LogP contribution in [-0.4, -0.2) is 29.3 Å². The van der Waals surface area contributed by atoms with Crippen LogP contribution in [0.15, 0.2) is 58.1 Å². The van der Waals surface area contributed by atoms with Gasteiger partial charge < -0.3 is 10.1 Å². The minimum Gasteiger partial charge on any atom is -0.494 e. The second kappa shape index (κ2) is 10.3. The van der Waals surface area contributed by atoms with Gasteiger partial charge in [-0.05, 0) is 55.8 Å². The summed E-state index contributed by atoms with van der Waals surface area (Å²) >= 11 is 1.17. The molecule has 0 atom stereocenters. The van der Waals surface area contributed by atoms with Gasteiger partial charge >= 0.3 is 5.69 Å². The number of methoxy groups -OCH3 is 1. The van der Waals surface area contributed by atoms with Crippen LogP contribution < -0.4 is 21.3 Å². The number of hydrogen-bond donors (Lipinski definition) is 1. The van der Waals surface area contributed by atoms with E-state index in [1.807, 2.05) is 0 Å². The summed E-state index contributed by atoms with van der Waals surface area (Å²) in [5.41, 5.74) is 0.525. The van der Waals surface area contributed by atoms with E-state index in [-0.39, 0.29) is 36.3 Å². The molecule has 1 fully saturated rings. The molecular weight excluding hydrogens is 496 g/mol. The first-order valence-electron chi connectivity index (χ1n) is 11.0. The van der Waals surface area contributed by atoms with Gasteiger partial charge in [-0.1, -0.05) is 24.3 Å². The van der Waals surface area contributed by atoms with Crippen molar-refractivity contribution in [3.05, 3.63) is 86.6 Å². The molecule has 1 aliphatic rings. The van der Waals surface area contributed by atoms with Crippen LogP contribution in [0.4, 0.5) is 8.78 Å². The highest BCUT2D eigenvalue weighted by atomic mass is 35.5. The number of ether oxygens (including phenoxy) is 1. The van der Waals surface area contributed by atoms with Crippen molar-refractivity contribution in [3.63, 3.8) is 0 Å². The summed E-state index contributed by atoms with van der Waals surface area (Å²) in [5, 5.41) is 3.25. The third kappa shape index (κ3) is 4.63. The van der Waals surface area contributed by atoms with Crippen molar-refractivity contribution in [1.82, 2.24) is 14.5 Å². The summed E-state index contributed by atoms with van der Waals surface area (Å²) in [7, 11) is 1.39. The van der Waals surface area contributed by atoms with Gasteiger partial charge in [0, 0.05) is 16.5 Å². The predicted octanol–water partition coefficient (Wildman–Crippen LogP) is 4.57. The number of fused-ring (bicyclic) bond motifs is 1. The summed E-state index contributed by atoms with van der Waals surface area (Å²) in [6.45, 7) is 1.49. The molecule has 0 bridgehead atoms. The maximum atomic E-state index is 14.5. The van der Waals surface area contributed by atoms with E-state index < -0.39 is 17.3 Å². The van der Waals surface area contributed by atoms with Crippen molar-refractivity contribution in [2.75, 3.05) is 20.2 Å². The molecule has 0 amide bonds. The van der Waals surface area contributed by atoms with Crippen LogP contribution in [0.1, 0.15) is 24.4 Å². The first kappa shape index (κ1) is 25.1. The Morgan fingerprint density at radius 3 is 2.49 bits per heavy atom. The minimum atomic E-state index is -0.534. The fraction of sp³-hybridized carbons (Fsp3) is 0.280. The summed E-state index contributed by atoms with van der Waals surface area (Å²) in [6.07, 6.45) is 1.31. The van der Waals surface area contributed by atoms with E-state index in [0.717, 1.165) is 0 Å². The molecule has 5 rings (SSSR count). The van der Waals surface area contributed by atoms with Crippen LogP contribution >= 0.6 is 23.7 Å². The molecule has 184 valence electrons. The maximum absolute atomic E-state index is 14.5. The molecule has 6 nitrogen and oxygen atoms in total. The summed E-state index contributed by atoms with van der Waals surface area (Å²) in [5.74, 6) is -0.828. The van der Waals surface area contributed by atoms with Crippen molar-refractivity contribution < 1.29 is 13.5 Å².